The minimum atomic E-state index is -0.225. The minimum absolute atomic E-state index is 0.164. The number of aryl methyl sites for hydroxylation is 1. The van der Waals surface area contributed by atoms with E-state index in [0.717, 1.165) is 18.4 Å². The van der Waals surface area contributed by atoms with E-state index >= 15 is 0 Å². The number of hydrogen-bond donors (Lipinski definition) is 1. The van der Waals surface area contributed by atoms with Crippen LogP contribution < -0.4 is 10.9 Å². The van der Waals surface area contributed by atoms with Crippen molar-refractivity contribution in [2.24, 2.45) is 0 Å². The summed E-state index contributed by atoms with van der Waals surface area (Å²) in [4.78, 5) is 32.7. The lowest BCUT2D eigenvalue weighted by Gasteiger charge is -2.13. The second kappa shape index (κ2) is 10.2. The van der Waals surface area contributed by atoms with E-state index in [0.29, 0.717) is 52.6 Å². The Hall–Kier alpha value is -2.23. The normalized spacial score (nSPS) is 15.6. The number of carbonyl (C=O) groups excluding carboxylic acids is 1. The lowest BCUT2D eigenvalue weighted by atomic mass is 10.2. The van der Waals surface area contributed by atoms with Crippen LogP contribution in [0.3, 0.4) is 0 Å². The van der Waals surface area contributed by atoms with E-state index in [9.17, 15) is 9.59 Å². The van der Waals surface area contributed by atoms with Gasteiger partial charge in [-0.3, -0.25) is 18.9 Å². The third-order valence-electron chi connectivity index (χ3n) is 4.64. The summed E-state index contributed by atoms with van der Waals surface area (Å²) in [6, 6.07) is 3.72. The lowest BCUT2D eigenvalue weighted by Crippen LogP contribution is -2.28. The number of nitrogens with one attached hydrogen (secondary N) is 1. The zero-order valence-corrected chi connectivity index (χ0v) is 19.1. The van der Waals surface area contributed by atoms with E-state index in [4.69, 9.17) is 21.9 Å². The molecule has 2 aromatic heterocycles. The molecular weight excluding hydrogens is 420 g/mol. The second-order valence-corrected chi connectivity index (χ2v) is 8.55. The van der Waals surface area contributed by atoms with Gasteiger partial charge in [-0.05, 0) is 44.4 Å². The predicted octanol–water partition coefficient (Wildman–Crippen LogP) is 3.45. The number of thiocarbonyl (C=S) groups is 1. The number of carbonyl (C=O) groups is 1. The summed E-state index contributed by atoms with van der Waals surface area (Å²) in [5.41, 5.74) is 1.61. The zero-order valence-electron chi connectivity index (χ0n) is 17.4. The van der Waals surface area contributed by atoms with Crippen LogP contribution >= 0.6 is 24.0 Å². The highest BCUT2D eigenvalue weighted by atomic mass is 32.2. The number of hydrogen-bond acceptors (Lipinski definition) is 7. The molecule has 1 amide bonds. The number of ether oxygens (including phenoxy) is 1. The molecule has 3 rings (SSSR count). The summed E-state index contributed by atoms with van der Waals surface area (Å²) in [5.74, 6) is 0.300. The SMILES string of the molecule is CCCN1C(=O)C(=Cc2c(NCCCOCC)nc3c(C)cccn3c2=O)SC1=S. The molecule has 0 aliphatic carbocycles. The molecule has 1 aliphatic rings. The molecule has 7 nitrogen and oxygen atoms in total. The molecule has 0 atom stereocenters. The van der Waals surface area contributed by atoms with Gasteiger partial charge in [0.1, 0.15) is 15.8 Å². The van der Waals surface area contributed by atoms with Crippen molar-refractivity contribution >= 4 is 51.7 Å². The molecule has 0 unspecified atom stereocenters. The predicted molar refractivity (Wildman–Crippen MR) is 126 cm³/mol. The van der Waals surface area contributed by atoms with Gasteiger partial charge >= 0.3 is 0 Å². The summed E-state index contributed by atoms with van der Waals surface area (Å²) in [6.07, 6.45) is 4.90. The average molecular weight is 447 g/mol. The Labute approximate surface area is 185 Å². The summed E-state index contributed by atoms with van der Waals surface area (Å²) < 4.78 is 7.41. The van der Waals surface area contributed by atoms with Gasteiger partial charge in [0.2, 0.25) is 0 Å². The Kier molecular flexibility index (Phi) is 7.63. The number of pyridine rings is 1. The molecule has 1 fully saturated rings. The molecule has 3 heterocycles. The second-order valence-electron chi connectivity index (χ2n) is 6.87. The zero-order chi connectivity index (χ0) is 21.7. The van der Waals surface area contributed by atoms with E-state index in [1.165, 1.54) is 16.2 Å². The van der Waals surface area contributed by atoms with E-state index in [2.05, 4.69) is 5.32 Å². The van der Waals surface area contributed by atoms with E-state index in [-0.39, 0.29) is 11.5 Å². The Morgan fingerprint density at radius 1 is 1.33 bits per heavy atom. The van der Waals surface area contributed by atoms with Gasteiger partial charge in [-0.15, -0.1) is 0 Å². The Bertz CT molecular complexity index is 1050. The number of aromatic nitrogens is 2. The largest absolute Gasteiger partial charge is 0.382 e. The van der Waals surface area contributed by atoms with Crippen molar-refractivity contribution in [3.8, 4) is 0 Å². The Balaban J connectivity index is 2.02. The van der Waals surface area contributed by atoms with Gasteiger partial charge in [0.25, 0.3) is 11.5 Å². The molecule has 1 aliphatic heterocycles. The number of thioether (sulfide) groups is 1. The minimum Gasteiger partial charge on any atom is -0.382 e. The maximum atomic E-state index is 13.3. The summed E-state index contributed by atoms with van der Waals surface area (Å²) >= 11 is 6.57. The van der Waals surface area contributed by atoms with Gasteiger partial charge in [-0.25, -0.2) is 4.98 Å². The Morgan fingerprint density at radius 3 is 2.87 bits per heavy atom. The third kappa shape index (κ3) is 4.74. The molecule has 1 saturated heterocycles. The first-order chi connectivity index (χ1) is 14.5. The van der Waals surface area contributed by atoms with Crippen molar-refractivity contribution in [1.29, 1.82) is 0 Å². The van der Waals surface area contributed by atoms with Crippen molar-refractivity contribution in [3.63, 3.8) is 0 Å². The summed E-state index contributed by atoms with van der Waals surface area (Å²) in [6.45, 7) is 8.32. The number of fused-ring (bicyclic) bond motifs is 1. The fourth-order valence-corrected chi connectivity index (χ4v) is 4.44. The molecule has 9 heteroatoms. The highest BCUT2D eigenvalue weighted by Crippen LogP contribution is 2.33. The van der Waals surface area contributed by atoms with Crippen LogP contribution in [0.25, 0.3) is 11.7 Å². The Morgan fingerprint density at radius 2 is 2.13 bits per heavy atom. The molecule has 1 N–H and O–H groups in total. The highest BCUT2D eigenvalue weighted by Gasteiger charge is 2.32. The molecule has 0 radical (unpaired) electrons. The topological polar surface area (TPSA) is 75.9 Å². The first-order valence-electron chi connectivity index (χ1n) is 10.1. The van der Waals surface area contributed by atoms with Crippen LogP contribution in [0.15, 0.2) is 28.0 Å². The number of rotatable bonds is 9. The van der Waals surface area contributed by atoms with Gasteiger partial charge in [0, 0.05) is 32.5 Å². The monoisotopic (exact) mass is 446 g/mol. The van der Waals surface area contributed by atoms with E-state index in [1.807, 2.05) is 32.9 Å². The number of amides is 1. The van der Waals surface area contributed by atoms with Crippen LogP contribution in [0.2, 0.25) is 0 Å². The smallest absolute Gasteiger partial charge is 0.267 e. The summed E-state index contributed by atoms with van der Waals surface area (Å²) in [7, 11) is 0. The first-order valence-corrected chi connectivity index (χ1v) is 11.3. The number of nitrogens with zero attached hydrogens (tertiary/aromatic N) is 3. The number of anilines is 1. The van der Waals surface area contributed by atoms with Gasteiger partial charge in [0.15, 0.2) is 0 Å². The standard InChI is InChI=1S/C21H26N4O3S2/c1-4-10-25-20(27)16(30-21(25)29)13-15-17(22-9-7-12-28-5-2)23-18-14(3)8-6-11-24(18)19(15)26/h6,8,11,13,22H,4-5,7,9-10,12H2,1-3H3. The van der Waals surface area contributed by atoms with Crippen LogP contribution in [0.4, 0.5) is 5.82 Å². The molecule has 30 heavy (non-hydrogen) atoms. The van der Waals surface area contributed by atoms with E-state index < -0.39 is 0 Å². The fraction of sp³-hybridized carbons (Fsp3) is 0.429. The molecular formula is C21H26N4O3S2. The van der Waals surface area contributed by atoms with Crippen molar-refractivity contribution in [2.75, 3.05) is 31.6 Å². The average Bonchev–Trinajstić information content (AvgIpc) is 2.99. The van der Waals surface area contributed by atoms with Crippen LogP contribution in [0.5, 0.6) is 0 Å². The highest BCUT2D eigenvalue weighted by molar-refractivity contribution is 8.26. The first kappa shape index (κ1) is 22.5. The summed E-state index contributed by atoms with van der Waals surface area (Å²) in [5, 5.41) is 3.25. The quantitative estimate of drug-likeness (QED) is 0.359. The van der Waals surface area contributed by atoms with Crippen LogP contribution in [-0.4, -0.2) is 50.8 Å². The molecule has 0 saturated carbocycles. The lowest BCUT2D eigenvalue weighted by molar-refractivity contribution is -0.122. The van der Waals surface area contributed by atoms with Crippen molar-refractivity contribution in [2.45, 2.75) is 33.6 Å². The third-order valence-corrected chi connectivity index (χ3v) is 6.02. The van der Waals surface area contributed by atoms with Gasteiger partial charge in [-0.2, -0.15) is 0 Å². The van der Waals surface area contributed by atoms with Crippen molar-refractivity contribution in [1.82, 2.24) is 14.3 Å². The van der Waals surface area contributed by atoms with Crippen LogP contribution in [0, 0.1) is 6.92 Å². The van der Waals surface area contributed by atoms with Crippen LogP contribution in [-0.2, 0) is 9.53 Å². The van der Waals surface area contributed by atoms with Crippen molar-refractivity contribution in [3.05, 3.63) is 44.7 Å². The van der Waals surface area contributed by atoms with Crippen molar-refractivity contribution < 1.29 is 9.53 Å². The van der Waals surface area contributed by atoms with Gasteiger partial charge < -0.3 is 10.1 Å². The fourth-order valence-electron chi connectivity index (χ4n) is 3.15. The van der Waals surface area contributed by atoms with Gasteiger partial charge in [0.05, 0.1) is 10.5 Å². The van der Waals surface area contributed by atoms with E-state index in [1.54, 1.807) is 17.2 Å². The molecule has 2 aromatic rings. The molecule has 160 valence electrons. The molecule has 0 spiro atoms. The maximum Gasteiger partial charge on any atom is 0.267 e. The van der Waals surface area contributed by atoms with Crippen LogP contribution in [0.1, 0.15) is 37.8 Å². The molecule has 0 aromatic carbocycles. The van der Waals surface area contributed by atoms with Gasteiger partial charge in [-0.1, -0.05) is 37.0 Å². The molecule has 0 bridgehead atoms. The maximum absolute atomic E-state index is 13.3.